The van der Waals surface area contributed by atoms with Crippen molar-refractivity contribution in [1.29, 1.82) is 0 Å². The molecule has 3 N–H and O–H groups in total. The number of alkyl carbamates (subject to hydrolysis) is 1. The highest BCUT2D eigenvalue weighted by atomic mass is 16.6. The summed E-state index contributed by atoms with van der Waals surface area (Å²) in [5.41, 5.74) is -0.889. The lowest BCUT2D eigenvalue weighted by molar-refractivity contribution is 0.0372. The van der Waals surface area contributed by atoms with Crippen molar-refractivity contribution in [3.63, 3.8) is 0 Å². The van der Waals surface area contributed by atoms with E-state index in [2.05, 4.69) is 39.7 Å². The second kappa shape index (κ2) is 12.9. The molecule has 1 rings (SSSR count). The van der Waals surface area contributed by atoms with Crippen LogP contribution in [0.5, 0.6) is 0 Å². The smallest absolute Gasteiger partial charge is 0.408 e. The SMILES string of the molecule is CCC(CC)(CNC(=NC)NCCCCN1CCOCC1)NC(=O)OC(C)(C)C. The Hall–Kier alpha value is -1.54. The quantitative estimate of drug-likeness (QED) is 0.289. The first-order chi connectivity index (χ1) is 13.7. The minimum absolute atomic E-state index is 0.379. The average molecular weight is 414 g/mol. The number of ether oxygens (including phenoxy) is 2. The molecule has 0 atom stereocenters. The molecule has 1 heterocycles. The van der Waals surface area contributed by atoms with Gasteiger partial charge in [-0.15, -0.1) is 0 Å². The summed E-state index contributed by atoms with van der Waals surface area (Å²) in [6.45, 7) is 16.1. The molecule has 1 saturated heterocycles. The Morgan fingerprint density at radius 3 is 2.31 bits per heavy atom. The van der Waals surface area contributed by atoms with E-state index < -0.39 is 5.60 Å². The highest BCUT2D eigenvalue weighted by molar-refractivity contribution is 5.79. The normalized spacial score (nSPS) is 16.4. The number of nitrogens with zero attached hydrogens (tertiary/aromatic N) is 2. The van der Waals surface area contributed by atoms with Crippen LogP contribution in [0.2, 0.25) is 0 Å². The topological polar surface area (TPSA) is 87.2 Å². The van der Waals surface area contributed by atoms with Crippen LogP contribution in [0.4, 0.5) is 4.79 Å². The van der Waals surface area contributed by atoms with Crippen LogP contribution in [0.25, 0.3) is 0 Å². The van der Waals surface area contributed by atoms with Gasteiger partial charge in [0.2, 0.25) is 0 Å². The summed E-state index contributed by atoms with van der Waals surface area (Å²) in [4.78, 5) is 19.0. The van der Waals surface area contributed by atoms with Crippen molar-refractivity contribution in [2.75, 3.05) is 53.0 Å². The maximum atomic E-state index is 12.3. The number of rotatable bonds is 10. The molecule has 0 bridgehead atoms. The molecular formula is C21H43N5O3. The van der Waals surface area contributed by atoms with E-state index in [1.54, 1.807) is 7.05 Å². The van der Waals surface area contributed by atoms with E-state index in [-0.39, 0.29) is 11.6 Å². The molecular weight excluding hydrogens is 370 g/mol. The zero-order valence-electron chi connectivity index (χ0n) is 19.4. The van der Waals surface area contributed by atoms with Crippen LogP contribution in [0.15, 0.2) is 4.99 Å². The van der Waals surface area contributed by atoms with Crippen molar-refractivity contribution < 1.29 is 14.3 Å². The molecule has 1 fully saturated rings. The lowest BCUT2D eigenvalue weighted by atomic mass is 9.93. The third-order valence-electron chi connectivity index (χ3n) is 5.23. The summed E-state index contributed by atoms with van der Waals surface area (Å²) < 4.78 is 10.8. The third-order valence-corrected chi connectivity index (χ3v) is 5.23. The molecule has 170 valence electrons. The molecule has 0 unspecified atom stereocenters. The zero-order valence-corrected chi connectivity index (χ0v) is 19.4. The number of carbonyl (C=O) groups excluding carboxylic acids is 1. The minimum atomic E-state index is -0.510. The number of unbranched alkanes of at least 4 members (excludes halogenated alkanes) is 1. The number of hydrogen-bond donors (Lipinski definition) is 3. The summed E-state index contributed by atoms with van der Waals surface area (Å²) in [7, 11) is 1.77. The summed E-state index contributed by atoms with van der Waals surface area (Å²) >= 11 is 0. The van der Waals surface area contributed by atoms with Crippen LogP contribution in [-0.4, -0.2) is 81.1 Å². The van der Waals surface area contributed by atoms with Gasteiger partial charge in [-0.05, 0) is 53.0 Å². The Morgan fingerprint density at radius 1 is 1.10 bits per heavy atom. The predicted octanol–water partition coefficient (Wildman–Crippen LogP) is 2.35. The molecule has 0 aliphatic carbocycles. The first-order valence-corrected chi connectivity index (χ1v) is 11.0. The highest BCUT2D eigenvalue weighted by Crippen LogP contribution is 2.16. The molecule has 1 amide bonds. The van der Waals surface area contributed by atoms with Crippen molar-refractivity contribution in [3.05, 3.63) is 0 Å². The van der Waals surface area contributed by atoms with Crippen molar-refractivity contribution >= 4 is 12.1 Å². The van der Waals surface area contributed by atoms with Gasteiger partial charge in [0.1, 0.15) is 5.60 Å². The van der Waals surface area contributed by atoms with E-state index in [1.807, 2.05) is 20.8 Å². The summed E-state index contributed by atoms with van der Waals surface area (Å²) in [5.74, 6) is 0.758. The van der Waals surface area contributed by atoms with Crippen molar-refractivity contribution in [2.24, 2.45) is 4.99 Å². The Labute approximate surface area is 177 Å². The second-order valence-corrected chi connectivity index (χ2v) is 8.63. The predicted molar refractivity (Wildman–Crippen MR) is 119 cm³/mol. The van der Waals surface area contributed by atoms with E-state index in [0.717, 1.165) is 71.0 Å². The van der Waals surface area contributed by atoms with Crippen molar-refractivity contribution in [2.45, 2.75) is 71.4 Å². The third kappa shape index (κ3) is 10.7. The van der Waals surface area contributed by atoms with Crippen LogP contribution < -0.4 is 16.0 Å². The molecule has 0 aromatic carbocycles. The van der Waals surface area contributed by atoms with Gasteiger partial charge in [0.05, 0.1) is 18.8 Å². The summed E-state index contributed by atoms with van der Waals surface area (Å²) in [6.07, 6.45) is 3.45. The lowest BCUT2D eigenvalue weighted by Crippen LogP contribution is -2.57. The van der Waals surface area contributed by atoms with Gasteiger partial charge in [-0.2, -0.15) is 0 Å². The van der Waals surface area contributed by atoms with E-state index in [4.69, 9.17) is 9.47 Å². The van der Waals surface area contributed by atoms with Gasteiger partial charge in [0, 0.05) is 33.2 Å². The van der Waals surface area contributed by atoms with Crippen LogP contribution >= 0.6 is 0 Å². The van der Waals surface area contributed by atoms with Crippen molar-refractivity contribution in [3.8, 4) is 0 Å². The number of amides is 1. The number of hydrogen-bond acceptors (Lipinski definition) is 5. The zero-order chi connectivity index (χ0) is 21.8. The standard InChI is InChI=1S/C21H43N5O3/c1-7-21(8-2,25-19(27)29-20(3,4)5)17-24-18(22-6)23-11-9-10-12-26-13-15-28-16-14-26/h7-17H2,1-6H3,(H,25,27)(H2,22,23,24). The van der Waals surface area contributed by atoms with Gasteiger partial charge in [0.15, 0.2) is 5.96 Å². The Morgan fingerprint density at radius 2 is 1.76 bits per heavy atom. The number of guanidine groups is 1. The molecule has 0 aromatic rings. The summed E-state index contributed by atoms with van der Waals surface area (Å²) in [6, 6.07) is 0. The maximum Gasteiger partial charge on any atom is 0.408 e. The first-order valence-electron chi connectivity index (χ1n) is 11.0. The number of nitrogens with one attached hydrogen (secondary N) is 3. The van der Waals surface area contributed by atoms with E-state index in [0.29, 0.717) is 6.54 Å². The number of carbonyl (C=O) groups is 1. The minimum Gasteiger partial charge on any atom is -0.444 e. The Kier molecular flexibility index (Phi) is 11.3. The maximum absolute atomic E-state index is 12.3. The fourth-order valence-corrected chi connectivity index (χ4v) is 3.21. The molecule has 0 spiro atoms. The van der Waals surface area contributed by atoms with Gasteiger partial charge >= 0.3 is 6.09 Å². The average Bonchev–Trinajstić information content (AvgIpc) is 2.68. The molecule has 8 heteroatoms. The van der Waals surface area contributed by atoms with Crippen LogP contribution in [-0.2, 0) is 9.47 Å². The van der Waals surface area contributed by atoms with Gasteiger partial charge < -0.3 is 25.4 Å². The fourth-order valence-electron chi connectivity index (χ4n) is 3.21. The lowest BCUT2D eigenvalue weighted by Gasteiger charge is -2.34. The van der Waals surface area contributed by atoms with Crippen LogP contribution in [0, 0.1) is 0 Å². The monoisotopic (exact) mass is 413 g/mol. The van der Waals surface area contributed by atoms with E-state index in [1.165, 1.54) is 0 Å². The van der Waals surface area contributed by atoms with Crippen molar-refractivity contribution in [1.82, 2.24) is 20.9 Å². The van der Waals surface area contributed by atoms with Gasteiger partial charge in [-0.3, -0.25) is 9.89 Å². The number of aliphatic imine (C=N–C) groups is 1. The van der Waals surface area contributed by atoms with Crippen LogP contribution in [0.3, 0.4) is 0 Å². The first kappa shape index (κ1) is 25.5. The van der Waals surface area contributed by atoms with E-state index in [9.17, 15) is 4.79 Å². The van der Waals surface area contributed by atoms with E-state index >= 15 is 0 Å². The Balaban J connectivity index is 2.37. The molecule has 1 aliphatic rings. The molecule has 1 aliphatic heterocycles. The molecule has 0 aromatic heterocycles. The second-order valence-electron chi connectivity index (χ2n) is 8.63. The molecule has 0 saturated carbocycles. The molecule has 29 heavy (non-hydrogen) atoms. The van der Waals surface area contributed by atoms with Gasteiger partial charge in [-0.25, -0.2) is 4.79 Å². The molecule has 0 radical (unpaired) electrons. The largest absolute Gasteiger partial charge is 0.444 e. The van der Waals surface area contributed by atoms with Gasteiger partial charge in [0.25, 0.3) is 0 Å². The molecule has 8 nitrogen and oxygen atoms in total. The summed E-state index contributed by atoms with van der Waals surface area (Å²) in [5, 5.41) is 9.79. The Bertz CT molecular complexity index is 495. The fraction of sp³-hybridized carbons (Fsp3) is 0.905. The van der Waals surface area contributed by atoms with Gasteiger partial charge in [-0.1, -0.05) is 13.8 Å². The highest BCUT2D eigenvalue weighted by Gasteiger charge is 2.30. The number of morpholine rings is 1. The van der Waals surface area contributed by atoms with Crippen LogP contribution in [0.1, 0.15) is 60.3 Å².